The molecule has 0 atom stereocenters. The van der Waals surface area contributed by atoms with Gasteiger partial charge in [0.25, 0.3) is 5.91 Å². The minimum Gasteiger partial charge on any atom is -0.306 e. The highest BCUT2D eigenvalue weighted by Gasteiger charge is 2.12. The van der Waals surface area contributed by atoms with E-state index in [-0.39, 0.29) is 11.1 Å². The lowest BCUT2D eigenvalue weighted by molar-refractivity contribution is 0.103. The maximum atomic E-state index is 11.8. The SMILES string of the molecule is O=C(Nc1cc(Cl)ncn1)c1cc(Br)c(Br)s1. The van der Waals surface area contributed by atoms with Gasteiger partial charge in [0, 0.05) is 10.5 Å². The molecule has 17 heavy (non-hydrogen) atoms. The number of nitrogens with one attached hydrogen (secondary N) is 1. The van der Waals surface area contributed by atoms with Gasteiger partial charge in [-0.05, 0) is 37.9 Å². The first-order valence-corrected chi connectivity index (χ1v) is 7.08. The third-order valence-corrected chi connectivity index (χ3v) is 5.21. The number of halogens is 3. The van der Waals surface area contributed by atoms with Crippen LogP contribution in [0.25, 0.3) is 0 Å². The van der Waals surface area contributed by atoms with E-state index in [2.05, 4.69) is 47.1 Å². The van der Waals surface area contributed by atoms with Gasteiger partial charge in [0.2, 0.25) is 0 Å². The Morgan fingerprint density at radius 2 is 2.12 bits per heavy atom. The van der Waals surface area contributed by atoms with Crippen LogP contribution in [0.2, 0.25) is 5.15 Å². The number of hydrogen-bond donors (Lipinski definition) is 1. The standard InChI is InChI=1S/C9H4Br2ClN3OS/c10-4-1-5(17-8(4)11)9(16)15-7-2-6(12)13-3-14-7/h1-3H,(H,13,14,15,16). The molecular weight excluding hydrogens is 393 g/mol. The first kappa shape index (κ1) is 12.9. The van der Waals surface area contributed by atoms with Gasteiger partial charge in [-0.1, -0.05) is 11.6 Å². The average molecular weight is 397 g/mol. The van der Waals surface area contributed by atoms with E-state index in [4.69, 9.17) is 11.6 Å². The van der Waals surface area contributed by atoms with Crippen LogP contribution < -0.4 is 5.32 Å². The Hall–Kier alpha value is -0.500. The molecular formula is C9H4Br2ClN3OS. The van der Waals surface area contributed by atoms with Gasteiger partial charge in [0.05, 0.1) is 8.66 Å². The van der Waals surface area contributed by atoms with E-state index < -0.39 is 0 Å². The predicted octanol–water partition coefficient (Wildman–Crippen LogP) is 3.97. The van der Waals surface area contributed by atoms with Crippen LogP contribution in [-0.4, -0.2) is 15.9 Å². The third kappa shape index (κ3) is 3.25. The molecule has 0 fully saturated rings. The van der Waals surface area contributed by atoms with Crippen molar-refractivity contribution in [2.24, 2.45) is 0 Å². The molecule has 0 bridgehead atoms. The van der Waals surface area contributed by atoms with Gasteiger partial charge >= 0.3 is 0 Å². The summed E-state index contributed by atoms with van der Waals surface area (Å²) in [5, 5.41) is 2.92. The van der Waals surface area contributed by atoms with Crippen LogP contribution >= 0.6 is 54.8 Å². The second-order valence-corrected chi connectivity index (χ2v) is 6.52. The Balaban J connectivity index is 2.17. The summed E-state index contributed by atoms with van der Waals surface area (Å²) >= 11 is 13.7. The number of aromatic nitrogens is 2. The minimum absolute atomic E-state index is 0.240. The molecule has 1 amide bonds. The second kappa shape index (κ2) is 5.43. The Morgan fingerprint density at radius 3 is 2.71 bits per heavy atom. The van der Waals surface area contributed by atoms with Crippen molar-refractivity contribution in [3.05, 3.63) is 36.7 Å². The molecule has 88 valence electrons. The molecule has 0 unspecified atom stereocenters. The van der Waals surface area contributed by atoms with Crippen LogP contribution in [0, 0.1) is 0 Å². The van der Waals surface area contributed by atoms with E-state index in [9.17, 15) is 4.79 Å². The number of carbonyl (C=O) groups excluding carboxylic acids is 1. The Bertz CT molecular complexity index is 556. The number of nitrogens with zero attached hydrogens (tertiary/aromatic N) is 2. The van der Waals surface area contributed by atoms with Crippen LogP contribution in [0.1, 0.15) is 9.67 Å². The maximum Gasteiger partial charge on any atom is 0.266 e. The van der Waals surface area contributed by atoms with Crippen LogP contribution in [0.5, 0.6) is 0 Å². The fourth-order valence-corrected chi connectivity index (χ4v) is 3.12. The van der Waals surface area contributed by atoms with Gasteiger partial charge in [0.1, 0.15) is 17.3 Å². The zero-order valence-corrected chi connectivity index (χ0v) is 12.8. The van der Waals surface area contributed by atoms with E-state index in [0.29, 0.717) is 10.7 Å². The summed E-state index contributed by atoms with van der Waals surface area (Å²) < 4.78 is 1.71. The van der Waals surface area contributed by atoms with Crippen LogP contribution in [-0.2, 0) is 0 Å². The largest absolute Gasteiger partial charge is 0.306 e. The van der Waals surface area contributed by atoms with Crippen LogP contribution in [0.3, 0.4) is 0 Å². The van der Waals surface area contributed by atoms with E-state index >= 15 is 0 Å². The first-order valence-electron chi connectivity index (χ1n) is 4.30. The first-order chi connectivity index (χ1) is 8.06. The molecule has 2 aromatic rings. The number of carbonyl (C=O) groups is 1. The van der Waals surface area contributed by atoms with Gasteiger partial charge < -0.3 is 5.32 Å². The monoisotopic (exact) mass is 395 g/mol. The summed E-state index contributed by atoms with van der Waals surface area (Å²) in [6.07, 6.45) is 1.29. The summed E-state index contributed by atoms with van der Waals surface area (Å²) in [6.45, 7) is 0. The lowest BCUT2D eigenvalue weighted by Crippen LogP contribution is -2.11. The highest BCUT2D eigenvalue weighted by molar-refractivity contribution is 9.13. The fraction of sp³-hybridized carbons (Fsp3) is 0. The molecule has 2 aromatic heterocycles. The van der Waals surface area contributed by atoms with Gasteiger partial charge in [-0.2, -0.15) is 0 Å². The minimum atomic E-state index is -0.240. The lowest BCUT2D eigenvalue weighted by Gasteiger charge is -2.01. The van der Waals surface area contributed by atoms with Crippen molar-refractivity contribution in [2.45, 2.75) is 0 Å². The zero-order chi connectivity index (χ0) is 12.4. The average Bonchev–Trinajstić information content (AvgIpc) is 2.59. The Kier molecular flexibility index (Phi) is 4.13. The van der Waals surface area contributed by atoms with Gasteiger partial charge in [-0.25, -0.2) is 9.97 Å². The normalized spacial score (nSPS) is 10.3. The van der Waals surface area contributed by atoms with Crippen molar-refractivity contribution in [3.63, 3.8) is 0 Å². The molecule has 8 heteroatoms. The second-order valence-electron chi connectivity index (χ2n) is 2.91. The summed E-state index contributed by atoms with van der Waals surface area (Å²) in [5.74, 6) is 0.131. The Labute approximate surface area is 123 Å². The number of anilines is 1. The molecule has 2 heterocycles. The van der Waals surface area contributed by atoms with Crippen molar-refractivity contribution in [3.8, 4) is 0 Å². The highest BCUT2D eigenvalue weighted by Crippen LogP contribution is 2.32. The van der Waals surface area contributed by atoms with E-state index in [1.165, 1.54) is 23.7 Å². The zero-order valence-electron chi connectivity index (χ0n) is 8.08. The van der Waals surface area contributed by atoms with Crippen molar-refractivity contribution in [1.82, 2.24) is 9.97 Å². The van der Waals surface area contributed by atoms with E-state index in [0.717, 1.165) is 8.26 Å². The Morgan fingerprint density at radius 1 is 1.35 bits per heavy atom. The molecule has 0 radical (unpaired) electrons. The molecule has 4 nitrogen and oxygen atoms in total. The number of thiophene rings is 1. The smallest absolute Gasteiger partial charge is 0.266 e. The third-order valence-electron chi connectivity index (χ3n) is 1.74. The molecule has 0 aliphatic rings. The number of rotatable bonds is 2. The molecule has 0 saturated carbocycles. The van der Waals surface area contributed by atoms with Crippen LogP contribution in [0.4, 0.5) is 5.82 Å². The fourth-order valence-electron chi connectivity index (χ4n) is 1.04. The summed E-state index contributed by atoms with van der Waals surface area (Å²) in [4.78, 5) is 20.0. The molecule has 0 spiro atoms. The van der Waals surface area contributed by atoms with Crippen molar-refractivity contribution in [1.29, 1.82) is 0 Å². The van der Waals surface area contributed by atoms with E-state index in [1.54, 1.807) is 6.07 Å². The maximum absolute atomic E-state index is 11.8. The van der Waals surface area contributed by atoms with E-state index in [1.807, 2.05) is 0 Å². The van der Waals surface area contributed by atoms with Crippen molar-refractivity contribution >= 4 is 66.5 Å². The topological polar surface area (TPSA) is 54.9 Å². The van der Waals surface area contributed by atoms with Crippen LogP contribution in [0.15, 0.2) is 26.7 Å². The molecule has 2 rings (SSSR count). The number of hydrogen-bond acceptors (Lipinski definition) is 4. The molecule has 0 aliphatic heterocycles. The molecule has 0 aromatic carbocycles. The van der Waals surface area contributed by atoms with Gasteiger partial charge in [-0.15, -0.1) is 11.3 Å². The quantitative estimate of drug-likeness (QED) is 0.781. The van der Waals surface area contributed by atoms with Crippen molar-refractivity contribution < 1.29 is 4.79 Å². The lowest BCUT2D eigenvalue weighted by atomic mass is 10.4. The van der Waals surface area contributed by atoms with Gasteiger partial charge in [-0.3, -0.25) is 4.79 Å². The molecule has 0 aliphatic carbocycles. The number of amides is 1. The summed E-state index contributed by atoms with van der Waals surface area (Å²) in [6, 6.07) is 3.21. The van der Waals surface area contributed by atoms with Gasteiger partial charge in [0.15, 0.2) is 0 Å². The predicted molar refractivity (Wildman–Crippen MR) is 74.7 cm³/mol. The summed E-state index contributed by atoms with van der Waals surface area (Å²) in [5.41, 5.74) is 0. The van der Waals surface area contributed by atoms with Crippen molar-refractivity contribution in [2.75, 3.05) is 5.32 Å². The molecule has 1 N–H and O–H groups in total. The summed E-state index contributed by atoms with van der Waals surface area (Å²) in [7, 11) is 0. The molecule has 0 saturated heterocycles. The highest BCUT2D eigenvalue weighted by atomic mass is 79.9.